The Kier molecular flexibility index (Phi) is 7.12. The fourth-order valence-electron chi connectivity index (χ4n) is 3.30. The Hall–Kier alpha value is -2.61. The number of fused-ring (bicyclic) bond motifs is 1. The van der Waals surface area contributed by atoms with Gasteiger partial charge in [0.15, 0.2) is 8.32 Å². The minimum absolute atomic E-state index is 0.0615. The molecule has 0 bridgehead atoms. The fourth-order valence-corrected chi connectivity index (χ4v) is 4.59. The van der Waals surface area contributed by atoms with Crippen LogP contribution in [0.1, 0.15) is 38.0 Å². The molecule has 0 amide bonds. The maximum Gasteiger partial charge on any atom is 0.248 e. The Labute approximate surface area is 190 Å². The number of aromatic nitrogens is 1. The average molecular weight is 455 g/mol. The molecule has 7 heteroatoms. The van der Waals surface area contributed by atoms with Gasteiger partial charge in [-0.25, -0.2) is 0 Å². The molecular formula is C25H34N2O4Si. The van der Waals surface area contributed by atoms with E-state index in [1.165, 1.54) is 6.07 Å². The first-order chi connectivity index (χ1) is 15.1. The smallest absolute Gasteiger partial charge is 0.248 e. The molecule has 0 saturated carbocycles. The molecule has 0 fully saturated rings. The van der Waals surface area contributed by atoms with Crippen LogP contribution < -0.4 is 20.8 Å². The van der Waals surface area contributed by atoms with Gasteiger partial charge in [-0.15, -0.1) is 0 Å². The summed E-state index contributed by atoms with van der Waals surface area (Å²) in [6.45, 7) is 11.8. The van der Waals surface area contributed by atoms with Gasteiger partial charge in [0.2, 0.25) is 5.56 Å². The van der Waals surface area contributed by atoms with Crippen LogP contribution in [0.4, 0.5) is 0 Å². The minimum Gasteiger partial charge on any atom is -0.497 e. The molecule has 0 aliphatic rings. The van der Waals surface area contributed by atoms with E-state index in [4.69, 9.17) is 19.6 Å². The van der Waals surface area contributed by atoms with Gasteiger partial charge in [-0.05, 0) is 53.5 Å². The number of nitrogens with one attached hydrogen (secondary N) is 1. The minimum atomic E-state index is -2.04. The number of ether oxygens (including phenoxy) is 2. The Morgan fingerprint density at radius 1 is 1.03 bits per heavy atom. The molecule has 172 valence electrons. The highest BCUT2D eigenvalue weighted by Gasteiger charge is 2.39. The Morgan fingerprint density at radius 2 is 1.72 bits per heavy atom. The maximum atomic E-state index is 12.1. The van der Waals surface area contributed by atoms with Gasteiger partial charge in [-0.2, -0.15) is 0 Å². The van der Waals surface area contributed by atoms with Crippen molar-refractivity contribution in [2.24, 2.45) is 5.73 Å². The van der Waals surface area contributed by atoms with Crippen molar-refractivity contribution in [3.8, 4) is 11.5 Å². The summed E-state index contributed by atoms with van der Waals surface area (Å²) in [5.41, 5.74) is 8.59. The molecule has 0 saturated heterocycles. The van der Waals surface area contributed by atoms with Crippen LogP contribution in [-0.4, -0.2) is 27.0 Å². The van der Waals surface area contributed by atoms with Crippen molar-refractivity contribution in [3.63, 3.8) is 0 Å². The van der Waals surface area contributed by atoms with Gasteiger partial charge in [0.1, 0.15) is 18.1 Å². The summed E-state index contributed by atoms with van der Waals surface area (Å²) in [7, 11) is -0.406. The maximum absolute atomic E-state index is 12.1. The lowest BCUT2D eigenvalue weighted by molar-refractivity contribution is 0.193. The second-order valence-corrected chi connectivity index (χ2v) is 14.3. The van der Waals surface area contributed by atoms with Crippen LogP contribution in [0.2, 0.25) is 18.1 Å². The number of hydrogen-bond acceptors (Lipinski definition) is 5. The molecule has 3 rings (SSSR count). The summed E-state index contributed by atoms with van der Waals surface area (Å²) in [5.74, 6) is 1.41. The van der Waals surface area contributed by atoms with Crippen molar-refractivity contribution >= 4 is 19.2 Å². The zero-order valence-electron chi connectivity index (χ0n) is 19.8. The lowest BCUT2D eigenvalue weighted by Crippen LogP contribution is -2.43. The normalized spacial score (nSPS) is 13.2. The lowest BCUT2D eigenvalue weighted by Gasteiger charge is -2.39. The predicted molar refractivity (Wildman–Crippen MR) is 132 cm³/mol. The topological polar surface area (TPSA) is 86.6 Å². The average Bonchev–Trinajstić information content (AvgIpc) is 2.75. The van der Waals surface area contributed by atoms with Crippen LogP contribution in [0.3, 0.4) is 0 Å². The van der Waals surface area contributed by atoms with E-state index in [0.29, 0.717) is 24.4 Å². The Morgan fingerprint density at radius 3 is 2.31 bits per heavy atom. The van der Waals surface area contributed by atoms with Crippen molar-refractivity contribution in [1.29, 1.82) is 0 Å². The van der Waals surface area contributed by atoms with Gasteiger partial charge >= 0.3 is 0 Å². The van der Waals surface area contributed by atoms with E-state index in [1.54, 1.807) is 7.11 Å². The molecule has 6 nitrogen and oxygen atoms in total. The van der Waals surface area contributed by atoms with Gasteiger partial charge in [-0.1, -0.05) is 39.0 Å². The van der Waals surface area contributed by atoms with Crippen LogP contribution in [-0.2, 0) is 11.0 Å². The third kappa shape index (κ3) is 5.23. The van der Waals surface area contributed by atoms with Crippen molar-refractivity contribution in [3.05, 3.63) is 70.0 Å². The number of rotatable bonds is 8. The van der Waals surface area contributed by atoms with Crippen LogP contribution in [0.15, 0.2) is 53.3 Å². The molecule has 1 aromatic heterocycles. The molecule has 3 N–H and O–H groups in total. The van der Waals surface area contributed by atoms with Gasteiger partial charge in [0.25, 0.3) is 0 Å². The second-order valence-electron chi connectivity index (χ2n) is 9.50. The van der Waals surface area contributed by atoms with Gasteiger partial charge < -0.3 is 24.6 Å². The molecule has 1 atom stereocenters. The van der Waals surface area contributed by atoms with E-state index < -0.39 is 8.32 Å². The molecule has 0 aliphatic heterocycles. The van der Waals surface area contributed by atoms with Crippen molar-refractivity contribution in [1.82, 2.24) is 4.98 Å². The molecule has 2 aromatic carbocycles. The first-order valence-electron chi connectivity index (χ1n) is 10.9. The lowest BCUT2D eigenvalue weighted by atomic mass is 10.0. The highest BCUT2D eigenvalue weighted by Crippen LogP contribution is 2.41. The highest BCUT2D eigenvalue weighted by atomic mass is 28.4. The molecule has 0 unspecified atom stereocenters. The van der Waals surface area contributed by atoms with Crippen LogP contribution in [0.25, 0.3) is 10.9 Å². The van der Waals surface area contributed by atoms with Crippen LogP contribution >= 0.6 is 0 Å². The van der Waals surface area contributed by atoms with Gasteiger partial charge in [0.05, 0.1) is 18.7 Å². The summed E-state index contributed by atoms with van der Waals surface area (Å²) in [6.07, 6.45) is -0.264. The quantitative estimate of drug-likeness (QED) is 0.460. The van der Waals surface area contributed by atoms with Crippen LogP contribution in [0.5, 0.6) is 11.5 Å². The molecule has 0 spiro atoms. The first kappa shape index (κ1) is 24.0. The monoisotopic (exact) mass is 454 g/mol. The molecule has 1 heterocycles. The van der Waals surface area contributed by atoms with Gasteiger partial charge in [-0.3, -0.25) is 4.79 Å². The van der Waals surface area contributed by atoms with Crippen molar-refractivity contribution in [2.75, 3.05) is 13.7 Å². The molecule has 0 radical (unpaired) electrons. The first-order valence-corrected chi connectivity index (χ1v) is 13.8. The zero-order chi connectivity index (χ0) is 23.5. The highest BCUT2D eigenvalue weighted by molar-refractivity contribution is 6.74. The molecule has 32 heavy (non-hydrogen) atoms. The van der Waals surface area contributed by atoms with Crippen molar-refractivity contribution in [2.45, 2.75) is 51.6 Å². The van der Waals surface area contributed by atoms with E-state index in [1.807, 2.05) is 42.5 Å². The van der Waals surface area contributed by atoms with E-state index in [9.17, 15) is 4.79 Å². The molecular weight excluding hydrogens is 420 g/mol. The summed E-state index contributed by atoms with van der Waals surface area (Å²) in [4.78, 5) is 15.1. The summed E-state index contributed by atoms with van der Waals surface area (Å²) >= 11 is 0. The van der Waals surface area contributed by atoms with Crippen molar-refractivity contribution < 1.29 is 13.9 Å². The van der Waals surface area contributed by atoms with E-state index in [2.05, 4.69) is 38.8 Å². The third-order valence-corrected chi connectivity index (χ3v) is 10.7. The van der Waals surface area contributed by atoms with Crippen LogP contribution in [0, 0.1) is 0 Å². The number of methoxy groups -OCH3 is 1. The van der Waals surface area contributed by atoms with E-state index in [0.717, 1.165) is 22.3 Å². The van der Waals surface area contributed by atoms with E-state index >= 15 is 0 Å². The molecule has 3 aromatic rings. The standard InChI is InChI=1S/C25H34N2O4Si/c1-25(2,3)32(5,6)31-22(15-26)19-11-13-21(24-20(19)12-14-23(28)27-24)30-16-17-7-9-18(29-4)10-8-17/h7-14,22H,15-16,26H2,1-6H3,(H,27,28)/t22-/m0/s1. The zero-order valence-corrected chi connectivity index (χ0v) is 20.8. The predicted octanol–water partition coefficient (Wildman–Crippen LogP) is 5.14. The van der Waals surface area contributed by atoms with E-state index in [-0.39, 0.29) is 16.7 Å². The third-order valence-electron chi connectivity index (χ3n) is 6.25. The number of pyridine rings is 1. The molecule has 0 aliphatic carbocycles. The number of nitrogens with two attached hydrogens (primary N) is 1. The summed E-state index contributed by atoms with van der Waals surface area (Å²) < 4.78 is 17.9. The number of H-pyrrole nitrogens is 1. The largest absolute Gasteiger partial charge is 0.497 e. The SMILES string of the molecule is COc1ccc(COc2ccc([C@H](CN)O[Si](C)(C)C(C)(C)C)c3ccc(=O)[nH]c23)cc1. The second kappa shape index (κ2) is 9.48. The number of aromatic amines is 1. The summed E-state index contributed by atoms with van der Waals surface area (Å²) in [6, 6.07) is 14.9. The Bertz CT molecular complexity index is 1120. The summed E-state index contributed by atoms with van der Waals surface area (Å²) in [5, 5.41) is 0.942. The Balaban J connectivity index is 1.95. The number of benzene rings is 2. The number of hydrogen-bond donors (Lipinski definition) is 2. The van der Waals surface area contributed by atoms with Gasteiger partial charge in [0, 0.05) is 18.0 Å². The fraction of sp³-hybridized carbons (Fsp3) is 0.400.